The molecule has 0 saturated carbocycles. The van der Waals surface area contributed by atoms with Crippen LogP contribution in [0.2, 0.25) is 0 Å². The van der Waals surface area contributed by atoms with Crippen molar-refractivity contribution in [3.8, 4) is 0 Å². The lowest BCUT2D eigenvalue weighted by molar-refractivity contribution is -0.149. The second-order valence-electron chi connectivity index (χ2n) is 5.15. The molecule has 7 nitrogen and oxygen atoms in total. The standard InChI is InChI=1S/C13H21N3O4/c1-20-10-13(19)16-7-6-15(12(18)9-16)8-11(17)14-4-2-3-5-14/h2-10H2,1H3. The molecule has 20 heavy (non-hydrogen) atoms. The molecule has 0 spiro atoms. The smallest absolute Gasteiger partial charge is 0.249 e. The van der Waals surface area contributed by atoms with Crippen LogP contribution >= 0.6 is 0 Å². The maximum atomic E-state index is 12.0. The normalized spacial score (nSPS) is 19.6. The van der Waals surface area contributed by atoms with E-state index in [9.17, 15) is 14.4 Å². The van der Waals surface area contributed by atoms with Crippen molar-refractivity contribution in [2.24, 2.45) is 0 Å². The number of carbonyl (C=O) groups excluding carboxylic acids is 3. The van der Waals surface area contributed by atoms with Gasteiger partial charge in [-0.1, -0.05) is 0 Å². The van der Waals surface area contributed by atoms with Crippen molar-refractivity contribution in [3.63, 3.8) is 0 Å². The van der Waals surface area contributed by atoms with Crippen molar-refractivity contribution in [1.82, 2.24) is 14.7 Å². The minimum absolute atomic E-state index is 0.00696. The fourth-order valence-corrected chi connectivity index (χ4v) is 2.53. The molecular formula is C13H21N3O4. The van der Waals surface area contributed by atoms with E-state index < -0.39 is 0 Å². The first-order valence-corrected chi connectivity index (χ1v) is 6.94. The first kappa shape index (κ1) is 14.8. The van der Waals surface area contributed by atoms with Gasteiger partial charge in [0.1, 0.15) is 6.61 Å². The molecular weight excluding hydrogens is 262 g/mol. The summed E-state index contributed by atoms with van der Waals surface area (Å²) in [5.41, 5.74) is 0. The van der Waals surface area contributed by atoms with Gasteiger partial charge in [-0.3, -0.25) is 14.4 Å². The van der Waals surface area contributed by atoms with Crippen molar-refractivity contribution < 1.29 is 19.1 Å². The summed E-state index contributed by atoms with van der Waals surface area (Å²) < 4.78 is 4.77. The average molecular weight is 283 g/mol. The molecule has 0 aromatic rings. The minimum Gasteiger partial charge on any atom is -0.375 e. The van der Waals surface area contributed by atoms with Gasteiger partial charge in [0, 0.05) is 33.3 Å². The zero-order valence-electron chi connectivity index (χ0n) is 11.8. The van der Waals surface area contributed by atoms with E-state index in [1.54, 1.807) is 4.90 Å². The number of rotatable bonds is 4. The van der Waals surface area contributed by atoms with Crippen molar-refractivity contribution in [3.05, 3.63) is 0 Å². The van der Waals surface area contributed by atoms with Gasteiger partial charge < -0.3 is 19.4 Å². The van der Waals surface area contributed by atoms with E-state index in [1.807, 2.05) is 0 Å². The van der Waals surface area contributed by atoms with Gasteiger partial charge in [-0.25, -0.2) is 0 Å². The summed E-state index contributed by atoms with van der Waals surface area (Å²) in [6, 6.07) is 0. The summed E-state index contributed by atoms with van der Waals surface area (Å²) in [5.74, 6) is -0.355. The molecule has 7 heteroatoms. The highest BCUT2D eigenvalue weighted by Gasteiger charge is 2.29. The Labute approximate surface area is 118 Å². The lowest BCUT2D eigenvalue weighted by Crippen LogP contribution is -2.55. The van der Waals surface area contributed by atoms with Gasteiger partial charge in [-0.2, -0.15) is 0 Å². The van der Waals surface area contributed by atoms with Crippen LogP contribution in [0.3, 0.4) is 0 Å². The summed E-state index contributed by atoms with van der Waals surface area (Å²) >= 11 is 0. The predicted octanol–water partition coefficient (Wildman–Crippen LogP) is -1.07. The van der Waals surface area contributed by atoms with Gasteiger partial charge in [0.15, 0.2) is 0 Å². The number of hydrogen-bond acceptors (Lipinski definition) is 4. The molecule has 0 aromatic heterocycles. The van der Waals surface area contributed by atoms with Crippen LogP contribution in [0.1, 0.15) is 12.8 Å². The zero-order chi connectivity index (χ0) is 14.5. The first-order chi connectivity index (χ1) is 9.61. The molecule has 3 amide bonds. The van der Waals surface area contributed by atoms with E-state index in [1.165, 1.54) is 16.9 Å². The number of amides is 3. The van der Waals surface area contributed by atoms with E-state index >= 15 is 0 Å². The van der Waals surface area contributed by atoms with Crippen molar-refractivity contribution >= 4 is 17.7 Å². The summed E-state index contributed by atoms with van der Waals surface area (Å²) in [4.78, 5) is 40.4. The van der Waals surface area contributed by atoms with Crippen LogP contribution in [0, 0.1) is 0 Å². The Morgan fingerprint density at radius 2 is 1.75 bits per heavy atom. The Morgan fingerprint density at radius 1 is 1.05 bits per heavy atom. The summed E-state index contributed by atoms with van der Waals surface area (Å²) in [7, 11) is 1.45. The molecule has 2 heterocycles. The zero-order valence-corrected chi connectivity index (χ0v) is 11.8. The Hall–Kier alpha value is -1.63. The van der Waals surface area contributed by atoms with E-state index in [0.717, 1.165) is 25.9 Å². The number of hydrogen-bond donors (Lipinski definition) is 0. The van der Waals surface area contributed by atoms with Crippen LogP contribution in [-0.2, 0) is 19.1 Å². The highest BCUT2D eigenvalue weighted by molar-refractivity contribution is 5.89. The van der Waals surface area contributed by atoms with Gasteiger partial charge in [0.05, 0.1) is 13.1 Å². The topological polar surface area (TPSA) is 70.2 Å². The molecule has 0 unspecified atom stereocenters. The molecule has 112 valence electrons. The average Bonchev–Trinajstić information content (AvgIpc) is 2.95. The Bertz CT molecular complexity index is 393. The summed E-state index contributed by atoms with van der Waals surface area (Å²) in [6.07, 6.45) is 2.08. The molecule has 0 radical (unpaired) electrons. The van der Waals surface area contributed by atoms with Gasteiger partial charge in [0.2, 0.25) is 17.7 Å². The Morgan fingerprint density at radius 3 is 2.35 bits per heavy atom. The van der Waals surface area contributed by atoms with Crippen molar-refractivity contribution in [2.45, 2.75) is 12.8 Å². The van der Waals surface area contributed by atoms with Gasteiger partial charge in [-0.05, 0) is 12.8 Å². The third-order valence-corrected chi connectivity index (χ3v) is 3.72. The molecule has 0 aromatic carbocycles. The number of ether oxygens (including phenoxy) is 1. The Kier molecular flexibility index (Phi) is 4.94. The predicted molar refractivity (Wildman–Crippen MR) is 70.9 cm³/mol. The van der Waals surface area contributed by atoms with Gasteiger partial charge in [0.25, 0.3) is 0 Å². The molecule has 0 atom stereocenters. The molecule has 0 bridgehead atoms. The quantitative estimate of drug-likeness (QED) is 0.658. The number of carbonyl (C=O) groups is 3. The first-order valence-electron chi connectivity index (χ1n) is 6.94. The number of methoxy groups -OCH3 is 1. The minimum atomic E-state index is -0.189. The van der Waals surface area contributed by atoms with Gasteiger partial charge >= 0.3 is 0 Å². The van der Waals surface area contributed by atoms with E-state index in [2.05, 4.69) is 0 Å². The van der Waals surface area contributed by atoms with Crippen LogP contribution in [0.5, 0.6) is 0 Å². The number of likely N-dealkylation sites (tertiary alicyclic amines) is 1. The second-order valence-corrected chi connectivity index (χ2v) is 5.15. The third kappa shape index (κ3) is 3.47. The lowest BCUT2D eigenvalue weighted by Gasteiger charge is -2.34. The molecule has 2 saturated heterocycles. The number of nitrogens with zero attached hydrogens (tertiary/aromatic N) is 3. The van der Waals surface area contributed by atoms with Crippen LogP contribution in [0.4, 0.5) is 0 Å². The van der Waals surface area contributed by atoms with Gasteiger partial charge in [-0.15, -0.1) is 0 Å². The molecule has 2 aliphatic rings. The monoisotopic (exact) mass is 283 g/mol. The maximum absolute atomic E-state index is 12.0. The number of piperazine rings is 1. The molecule has 2 aliphatic heterocycles. The molecule has 0 aliphatic carbocycles. The van der Waals surface area contributed by atoms with E-state index in [-0.39, 0.29) is 37.4 Å². The SMILES string of the molecule is COCC(=O)N1CCN(CC(=O)N2CCCC2)C(=O)C1. The second kappa shape index (κ2) is 6.69. The Balaban J connectivity index is 1.82. The largest absolute Gasteiger partial charge is 0.375 e. The lowest BCUT2D eigenvalue weighted by atomic mass is 10.3. The van der Waals surface area contributed by atoms with Crippen LogP contribution < -0.4 is 0 Å². The fraction of sp³-hybridized carbons (Fsp3) is 0.769. The fourth-order valence-electron chi connectivity index (χ4n) is 2.53. The third-order valence-electron chi connectivity index (χ3n) is 3.72. The van der Waals surface area contributed by atoms with Crippen LogP contribution in [0.15, 0.2) is 0 Å². The van der Waals surface area contributed by atoms with Crippen molar-refractivity contribution in [2.75, 3.05) is 53.0 Å². The van der Waals surface area contributed by atoms with Crippen molar-refractivity contribution in [1.29, 1.82) is 0 Å². The highest BCUT2D eigenvalue weighted by atomic mass is 16.5. The molecule has 2 rings (SSSR count). The molecule has 0 N–H and O–H groups in total. The van der Waals surface area contributed by atoms with Crippen LogP contribution in [0.25, 0.3) is 0 Å². The maximum Gasteiger partial charge on any atom is 0.249 e. The van der Waals surface area contributed by atoms with E-state index in [0.29, 0.717) is 13.1 Å². The van der Waals surface area contributed by atoms with Crippen LogP contribution in [-0.4, -0.2) is 85.4 Å². The summed E-state index contributed by atoms with van der Waals surface area (Å²) in [6.45, 7) is 2.61. The molecule has 2 fully saturated rings. The highest BCUT2D eigenvalue weighted by Crippen LogP contribution is 2.10. The summed E-state index contributed by atoms with van der Waals surface area (Å²) in [5, 5.41) is 0. The van der Waals surface area contributed by atoms with E-state index in [4.69, 9.17) is 4.74 Å².